The van der Waals surface area contributed by atoms with Crippen molar-refractivity contribution in [1.29, 1.82) is 0 Å². The lowest BCUT2D eigenvalue weighted by Crippen LogP contribution is -2.39. The Labute approximate surface area is 136 Å². The van der Waals surface area contributed by atoms with Gasteiger partial charge in [0.05, 0.1) is 4.90 Å². The molecule has 0 amide bonds. The van der Waals surface area contributed by atoms with Gasteiger partial charge in [-0.3, -0.25) is 4.79 Å². The van der Waals surface area contributed by atoms with Crippen molar-refractivity contribution in [3.63, 3.8) is 0 Å². The first kappa shape index (κ1) is 15.7. The van der Waals surface area contributed by atoms with Crippen LogP contribution in [0.3, 0.4) is 0 Å². The predicted octanol–water partition coefficient (Wildman–Crippen LogP) is 3.53. The number of hydrogen-bond acceptors (Lipinski definition) is 3. The van der Waals surface area contributed by atoms with E-state index in [0.717, 1.165) is 5.56 Å². The van der Waals surface area contributed by atoms with Crippen molar-refractivity contribution < 1.29 is 13.2 Å². The molecule has 0 spiro atoms. The number of ketones is 1. The molecule has 0 fully saturated rings. The summed E-state index contributed by atoms with van der Waals surface area (Å²) in [5.74, 6) is -0.647. The van der Waals surface area contributed by atoms with Gasteiger partial charge in [-0.2, -0.15) is 0 Å². The zero-order valence-electron chi connectivity index (χ0n) is 12.8. The van der Waals surface area contributed by atoms with Crippen molar-refractivity contribution in [2.75, 3.05) is 0 Å². The molecular weight excluding hydrogens is 308 g/mol. The van der Waals surface area contributed by atoms with Crippen molar-refractivity contribution in [3.05, 3.63) is 77.9 Å². The Balaban J connectivity index is 2.12. The van der Waals surface area contributed by atoms with Crippen LogP contribution < -0.4 is 0 Å². The maximum atomic E-state index is 13.1. The van der Waals surface area contributed by atoms with Crippen LogP contribution in [0.5, 0.6) is 0 Å². The number of hydrogen-bond donors (Lipinski definition) is 0. The highest BCUT2D eigenvalue weighted by Gasteiger charge is 2.43. The third-order valence-corrected chi connectivity index (χ3v) is 6.46. The largest absolute Gasteiger partial charge is 0.293 e. The van der Waals surface area contributed by atoms with Gasteiger partial charge in [0.25, 0.3) is 0 Å². The molecule has 2 aromatic rings. The second-order valence-corrected chi connectivity index (χ2v) is 7.85. The van der Waals surface area contributed by atoms with Crippen LogP contribution in [-0.4, -0.2) is 19.5 Å². The van der Waals surface area contributed by atoms with Crippen LogP contribution in [0.2, 0.25) is 0 Å². The first-order chi connectivity index (χ1) is 11.0. The summed E-state index contributed by atoms with van der Waals surface area (Å²) >= 11 is 0. The van der Waals surface area contributed by atoms with E-state index >= 15 is 0 Å². The summed E-state index contributed by atoms with van der Waals surface area (Å²) in [6.45, 7) is 1.69. The molecule has 0 N–H and O–H groups in total. The fourth-order valence-corrected chi connectivity index (χ4v) is 5.06. The number of rotatable bonds is 3. The maximum absolute atomic E-state index is 13.1. The topological polar surface area (TPSA) is 51.2 Å². The minimum atomic E-state index is -3.73. The van der Waals surface area contributed by atoms with Crippen LogP contribution in [0.25, 0.3) is 0 Å². The van der Waals surface area contributed by atoms with Gasteiger partial charge in [-0.1, -0.05) is 54.6 Å². The lowest BCUT2D eigenvalue weighted by Gasteiger charge is -2.29. The molecular formula is C19H18O3S. The number of allylic oxidation sites excluding steroid dienone is 2. The third kappa shape index (κ3) is 2.86. The van der Waals surface area contributed by atoms with Crippen LogP contribution in [0.4, 0.5) is 0 Å². The first-order valence-corrected chi connectivity index (χ1v) is 9.11. The number of carbonyl (C=O) groups is 1. The monoisotopic (exact) mass is 326 g/mol. The van der Waals surface area contributed by atoms with E-state index in [4.69, 9.17) is 0 Å². The highest BCUT2D eigenvalue weighted by molar-refractivity contribution is 7.93. The van der Waals surface area contributed by atoms with E-state index in [1.165, 1.54) is 0 Å². The van der Waals surface area contributed by atoms with Crippen LogP contribution in [0.15, 0.2) is 77.2 Å². The summed E-state index contributed by atoms with van der Waals surface area (Å²) in [6, 6.07) is 17.6. The van der Waals surface area contributed by atoms with Crippen molar-refractivity contribution in [2.45, 2.75) is 29.4 Å². The molecule has 2 atom stereocenters. The van der Waals surface area contributed by atoms with Gasteiger partial charge >= 0.3 is 0 Å². The molecule has 3 nitrogen and oxygen atoms in total. The van der Waals surface area contributed by atoms with Crippen molar-refractivity contribution in [1.82, 2.24) is 0 Å². The Kier molecular flexibility index (Phi) is 4.18. The Morgan fingerprint density at radius 3 is 2.09 bits per heavy atom. The average Bonchev–Trinajstić information content (AvgIpc) is 2.58. The fourth-order valence-electron chi connectivity index (χ4n) is 3.06. The molecule has 3 rings (SSSR count). The second kappa shape index (κ2) is 6.13. The highest BCUT2D eigenvalue weighted by atomic mass is 32.2. The molecule has 4 heteroatoms. The first-order valence-electron chi connectivity index (χ1n) is 7.56. The predicted molar refractivity (Wildman–Crippen MR) is 90.0 cm³/mol. The third-order valence-electron chi connectivity index (χ3n) is 4.32. The number of carbonyl (C=O) groups excluding carboxylic acids is 1. The lowest BCUT2D eigenvalue weighted by atomic mass is 9.84. The molecule has 0 unspecified atom stereocenters. The van der Waals surface area contributed by atoms with Crippen molar-refractivity contribution >= 4 is 15.6 Å². The van der Waals surface area contributed by atoms with E-state index in [2.05, 4.69) is 0 Å². The number of Topliss-reactive ketones (excluding diaryl/α,β-unsaturated/α-hetero) is 1. The smallest absolute Gasteiger partial charge is 0.189 e. The maximum Gasteiger partial charge on any atom is 0.189 e. The summed E-state index contributed by atoms with van der Waals surface area (Å²) in [7, 11) is -3.73. The fraction of sp³-hybridized carbons (Fsp3) is 0.211. The minimum absolute atomic E-state index is 0.203. The molecule has 0 bridgehead atoms. The van der Waals surface area contributed by atoms with Gasteiger partial charge in [-0.25, -0.2) is 8.42 Å². The van der Waals surface area contributed by atoms with Gasteiger partial charge in [0.2, 0.25) is 0 Å². The van der Waals surface area contributed by atoms with Gasteiger partial charge in [-0.15, -0.1) is 0 Å². The van der Waals surface area contributed by atoms with E-state index in [1.54, 1.807) is 37.3 Å². The Morgan fingerprint density at radius 1 is 0.913 bits per heavy atom. The Hall–Kier alpha value is -2.20. The van der Waals surface area contributed by atoms with Crippen LogP contribution in [0, 0.1) is 0 Å². The Bertz CT molecular complexity index is 837. The molecule has 1 aliphatic carbocycles. The number of benzene rings is 2. The summed E-state index contributed by atoms with van der Waals surface area (Å²) in [6.07, 6.45) is 2.40. The summed E-state index contributed by atoms with van der Waals surface area (Å²) in [5.41, 5.74) is 1.41. The molecule has 0 heterocycles. The molecule has 0 aromatic heterocycles. The molecule has 0 aliphatic heterocycles. The normalized spacial score (nSPS) is 21.8. The SMILES string of the molecule is CC1=CC[C@@H](c2ccccc2)[C@H](S(=O)(=O)c2ccccc2)C1=O. The zero-order valence-corrected chi connectivity index (χ0v) is 13.7. The van der Waals surface area contributed by atoms with E-state index in [1.807, 2.05) is 36.4 Å². The molecule has 0 saturated heterocycles. The van der Waals surface area contributed by atoms with E-state index < -0.39 is 15.1 Å². The summed E-state index contributed by atoms with van der Waals surface area (Å²) in [4.78, 5) is 12.9. The van der Waals surface area contributed by atoms with Gasteiger partial charge < -0.3 is 0 Å². The quantitative estimate of drug-likeness (QED) is 0.867. The molecule has 118 valence electrons. The minimum Gasteiger partial charge on any atom is -0.293 e. The second-order valence-electron chi connectivity index (χ2n) is 5.78. The lowest BCUT2D eigenvalue weighted by molar-refractivity contribution is -0.115. The molecule has 23 heavy (non-hydrogen) atoms. The van der Waals surface area contributed by atoms with Crippen molar-refractivity contribution in [2.24, 2.45) is 0 Å². The molecule has 0 radical (unpaired) electrons. The summed E-state index contributed by atoms with van der Waals surface area (Å²) in [5, 5.41) is -1.06. The molecule has 0 saturated carbocycles. The molecule has 2 aromatic carbocycles. The van der Waals surface area contributed by atoms with Crippen LogP contribution in [-0.2, 0) is 14.6 Å². The molecule has 1 aliphatic rings. The average molecular weight is 326 g/mol. The van der Waals surface area contributed by atoms with Gasteiger partial charge in [0.1, 0.15) is 5.25 Å². The van der Waals surface area contributed by atoms with E-state index in [0.29, 0.717) is 12.0 Å². The van der Waals surface area contributed by atoms with E-state index in [-0.39, 0.29) is 16.6 Å². The van der Waals surface area contributed by atoms with Crippen molar-refractivity contribution in [3.8, 4) is 0 Å². The van der Waals surface area contributed by atoms with Gasteiger partial charge in [-0.05, 0) is 36.6 Å². The Morgan fingerprint density at radius 2 is 1.48 bits per heavy atom. The van der Waals surface area contributed by atoms with Gasteiger partial charge in [0, 0.05) is 5.92 Å². The van der Waals surface area contributed by atoms with Crippen LogP contribution >= 0.6 is 0 Å². The van der Waals surface area contributed by atoms with Crippen LogP contribution in [0.1, 0.15) is 24.8 Å². The summed E-state index contributed by atoms with van der Waals surface area (Å²) < 4.78 is 26.2. The highest BCUT2D eigenvalue weighted by Crippen LogP contribution is 2.37. The zero-order chi connectivity index (χ0) is 16.4. The standard InChI is InChI=1S/C19H18O3S/c1-14-12-13-17(15-8-4-2-5-9-15)19(18(14)20)23(21,22)16-10-6-3-7-11-16/h2-12,17,19H,13H2,1H3/t17-,19-/m0/s1. The number of sulfone groups is 1. The van der Waals surface area contributed by atoms with E-state index in [9.17, 15) is 13.2 Å². The van der Waals surface area contributed by atoms with Gasteiger partial charge in [0.15, 0.2) is 15.6 Å².